The van der Waals surface area contributed by atoms with Gasteiger partial charge in [0.25, 0.3) is 11.5 Å². The molecule has 0 spiro atoms. The van der Waals surface area contributed by atoms with E-state index in [-0.39, 0.29) is 12.1 Å². The van der Waals surface area contributed by atoms with Gasteiger partial charge in [-0.15, -0.1) is 11.3 Å². The van der Waals surface area contributed by atoms with Crippen molar-refractivity contribution in [3.8, 4) is 11.1 Å². The third-order valence-electron chi connectivity index (χ3n) is 4.75. The van der Waals surface area contributed by atoms with E-state index in [1.165, 1.54) is 27.8 Å². The number of aromatic nitrogens is 2. The van der Waals surface area contributed by atoms with Crippen LogP contribution in [0.4, 0.5) is 0 Å². The third kappa shape index (κ3) is 4.21. The minimum absolute atomic E-state index is 0.155. The van der Waals surface area contributed by atoms with Crippen molar-refractivity contribution in [2.75, 3.05) is 0 Å². The number of benzene rings is 2. The molecule has 0 aliphatic heterocycles. The molecule has 0 saturated carbocycles. The van der Waals surface area contributed by atoms with E-state index in [2.05, 4.69) is 22.4 Å². The van der Waals surface area contributed by atoms with Crippen LogP contribution < -0.4 is 11.0 Å². The van der Waals surface area contributed by atoms with Gasteiger partial charge in [-0.2, -0.15) is 5.10 Å². The first-order chi connectivity index (χ1) is 14.7. The van der Waals surface area contributed by atoms with E-state index >= 15 is 0 Å². The third-order valence-corrected chi connectivity index (χ3v) is 5.64. The number of nitrogens with one attached hydrogen (secondary N) is 1. The number of nitrogens with zero attached hydrogens (tertiary/aromatic N) is 3. The molecule has 4 aromatic rings. The first-order valence-electron chi connectivity index (χ1n) is 9.58. The van der Waals surface area contributed by atoms with Crippen molar-refractivity contribution in [1.82, 2.24) is 15.0 Å². The van der Waals surface area contributed by atoms with E-state index in [0.29, 0.717) is 10.2 Å². The summed E-state index contributed by atoms with van der Waals surface area (Å²) in [7, 11) is 0. The van der Waals surface area contributed by atoms with Crippen LogP contribution in [0.15, 0.2) is 76.2 Å². The highest BCUT2D eigenvalue weighted by atomic mass is 32.1. The Balaban J connectivity index is 1.50. The number of hydrogen-bond donors (Lipinski definition) is 1. The number of thiophene rings is 1. The normalized spacial score (nSPS) is 11.2. The number of carbonyl (C=O) groups is 1. The van der Waals surface area contributed by atoms with Crippen molar-refractivity contribution >= 4 is 33.7 Å². The summed E-state index contributed by atoms with van der Waals surface area (Å²) in [5.74, 6) is -0.392. The Kier molecular flexibility index (Phi) is 5.81. The maximum atomic E-state index is 13.0. The summed E-state index contributed by atoms with van der Waals surface area (Å²) in [5, 5.41) is 6.43. The average Bonchev–Trinajstić information content (AvgIpc) is 3.22. The highest BCUT2D eigenvalue weighted by Gasteiger charge is 2.14. The zero-order valence-corrected chi connectivity index (χ0v) is 17.2. The molecule has 0 atom stereocenters. The van der Waals surface area contributed by atoms with Crippen molar-refractivity contribution in [1.29, 1.82) is 0 Å². The monoisotopic (exact) mass is 416 g/mol. The van der Waals surface area contributed by atoms with Crippen molar-refractivity contribution < 1.29 is 4.79 Å². The molecule has 0 radical (unpaired) electrons. The van der Waals surface area contributed by atoms with E-state index < -0.39 is 5.91 Å². The van der Waals surface area contributed by atoms with Crippen LogP contribution in [0.1, 0.15) is 18.1 Å². The first-order valence-corrected chi connectivity index (χ1v) is 10.5. The summed E-state index contributed by atoms with van der Waals surface area (Å²) in [6, 6.07) is 17.6. The van der Waals surface area contributed by atoms with Gasteiger partial charge in [0, 0.05) is 10.9 Å². The molecule has 0 aliphatic rings. The van der Waals surface area contributed by atoms with Crippen molar-refractivity contribution in [2.24, 2.45) is 5.10 Å². The standard InChI is InChI=1S/C23H20N4O2S/c1-2-16-8-10-17(11-9-16)12-25-26-20(28)13-27-15-24-22-21(23(27)29)19(14-30-22)18-6-4-3-5-7-18/h3-12,14-15H,2,13H2,1H3,(H,26,28). The lowest BCUT2D eigenvalue weighted by Gasteiger charge is -2.05. The molecule has 2 heterocycles. The summed E-state index contributed by atoms with van der Waals surface area (Å²) >= 11 is 1.42. The maximum Gasteiger partial charge on any atom is 0.263 e. The molecule has 6 nitrogen and oxygen atoms in total. The van der Waals surface area contributed by atoms with Crippen LogP contribution in [0.3, 0.4) is 0 Å². The molecule has 150 valence electrons. The zero-order chi connectivity index (χ0) is 20.9. The topological polar surface area (TPSA) is 76.3 Å². The van der Waals surface area contributed by atoms with Crippen molar-refractivity contribution in [3.05, 3.63) is 87.8 Å². The molecule has 0 aliphatic carbocycles. The molecular weight excluding hydrogens is 396 g/mol. The predicted octanol–water partition coefficient (Wildman–Crippen LogP) is 3.84. The van der Waals surface area contributed by atoms with E-state index in [4.69, 9.17) is 0 Å². The van der Waals surface area contributed by atoms with Crippen LogP contribution in [0.2, 0.25) is 0 Å². The minimum atomic E-state index is -0.392. The molecule has 4 rings (SSSR count). The van der Waals surface area contributed by atoms with Crippen LogP contribution in [0.25, 0.3) is 21.3 Å². The maximum absolute atomic E-state index is 13.0. The lowest BCUT2D eigenvalue weighted by atomic mass is 10.1. The zero-order valence-electron chi connectivity index (χ0n) is 16.4. The molecular formula is C23H20N4O2S. The van der Waals surface area contributed by atoms with Gasteiger partial charge in [-0.05, 0) is 23.1 Å². The van der Waals surface area contributed by atoms with E-state index in [0.717, 1.165) is 23.1 Å². The van der Waals surface area contributed by atoms with Gasteiger partial charge in [-0.1, -0.05) is 61.5 Å². The molecule has 2 aromatic heterocycles. The lowest BCUT2D eigenvalue weighted by Crippen LogP contribution is -2.30. The van der Waals surface area contributed by atoms with Crippen LogP contribution in [-0.2, 0) is 17.8 Å². The summed E-state index contributed by atoms with van der Waals surface area (Å²) in [4.78, 5) is 30.3. The first kappa shape index (κ1) is 19.7. The number of hydrogen-bond acceptors (Lipinski definition) is 5. The fourth-order valence-corrected chi connectivity index (χ4v) is 4.03. The number of aryl methyl sites for hydroxylation is 1. The van der Waals surface area contributed by atoms with Crippen LogP contribution >= 0.6 is 11.3 Å². The second-order valence-electron chi connectivity index (χ2n) is 6.76. The minimum Gasteiger partial charge on any atom is -0.289 e. The van der Waals surface area contributed by atoms with Crippen LogP contribution in [0.5, 0.6) is 0 Å². The highest BCUT2D eigenvalue weighted by molar-refractivity contribution is 7.17. The second-order valence-corrected chi connectivity index (χ2v) is 7.62. The van der Waals surface area contributed by atoms with Gasteiger partial charge in [0.1, 0.15) is 11.4 Å². The molecule has 0 saturated heterocycles. The van der Waals surface area contributed by atoms with Gasteiger partial charge in [0.15, 0.2) is 0 Å². The van der Waals surface area contributed by atoms with E-state index in [1.807, 2.05) is 60.0 Å². The Morgan fingerprint density at radius 1 is 1.17 bits per heavy atom. The SMILES string of the molecule is CCc1ccc(C=NNC(=O)Cn2cnc3scc(-c4ccccc4)c3c2=O)cc1. The van der Waals surface area contributed by atoms with Gasteiger partial charge < -0.3 is 0 Å². The van der Waals surface area contributed by atoms with Gasteiger partial charge in [-0.3, -0.25) is 14.2 Å². The second kappa shape index (κ2) is 8.84. The van der Waals surface area contributed by atoms with E-state index in [9.17, 15) is 9.59 Å². The molecule has 0 bridgehead atoms. The molecule has 0 fully saturated rings. The van der Waals surface area contributed by atoms with E-state index in [1.54, 1.807) is 6.21 Å². The molecule has 7 heteroatoms. The predicted molar refractivity (Wildman–Crippen MR) is 121 cm³/mol. The summed E-state index contributed by atoms with van der Waals surface area (Å²) < 4.78 is 1.31. The Hall–Kier alpha value is -3.58. The summed E-state index contributed by atoms with van der Waals surface area (Å²) in [6.45, 7) is 1.94. The van der Waals surface area contributed by atoms with Gasteiger partial charge >= 0.3 is 0 Å². The number of hydrazone groups is 1. The Labute approximate surface area is 177 Å². The Morgan fingerprint density at radius 2 is 1.93 bits per heavy atom. The van der Waals surface area contributed by atoms with Gasteiger partial charge in [0.2, 0.25) is 0 Å². The quantitative estimate of drug-likeness (QED) is 0.383. The summed E-state index contributed by atoms with van der Waals surface area (Å²) in [6.07, 6.45) is 3.95. The number of fused-ring (bicyclic) bond motifs is 1. The molecule has 2 aromatic carbocycles. The fourth-order valence-electron chi connectivity index (χ4n) is 3.12. The number of rotatable bonds is 6. The molecule has 30 heavy (non-hydrogen) atoms. The molecule has 1 amide bonds. The van der Waals surface area contributed by atoms with Crippen LogP contribution in [-0.4, -0.2) is 21.7 Å². The van der Waals surface area contributed by atoms with Crippen molar-refractivity contribution in [2.45, 2.75) is 19.9 Å². The average molecular weight is 417 g/mol. The van der Waals surface area contributed by atoms with Crippen molar-refractivity contribution in [3.63, 3.8) is 0 Å². The Morgan fingerprint density at radius 3 is 2.67 bits per heavy atom. The largest absolute Gasteiger partial charge is 0.289 e. The Bertz CT molecular complexity index is 1260. The van der Waals surface area contributed by atoms with Gasteiger partial charge in [0.05, 0.1) is 17.9 Å². The molecule has 0 unspecified atom stereocenters. The summed E-state index contributed by atoms with van der Waals surface area (Å²) in [5.41, 5.74) is 6.13. The number of carbonyl (C=O) groups excluding carboxylic acids is 1. The van der Waals surface area contributed by atoms with Gasteiger partial charge in [-0.25, -0.2) is 10.4 Å². The number of amides is 1. The van der Waals surface area contributed by atoms with Crippen LogP contribution in [0, 0.1) is 0 Å². The highest BCUT2D eigenvalue weighted by Crippen LogP contribution is 2.30. The fraction of sp³-hybridized carbons (Fsp3) is 0.130. The lowest BCUT2D eigenvalue weighted by molar-refractivity contribution is -0.121. The molecule has 1 N–H and O–H groups in total. The smallest absolute Gasteiger partial charge is 0.263 e.